The molecule has 1 atom stereocenters. The van der Waals surface area contributed by atoms with Crippen LogP contribution in [-0.2, 0) is 9.53 Å². The Bertz CT molecular complexity index is 1490. The topological polar surface area (TPSA) is 90.1 Å². The lowest BCUT2D eigenvalue weighted by atomic mass is 9.95. The van der Waals surface area contributed by atoms with Gasteiger partial charge >= 0.3 is 5.97 Å². The average molecular weight is 499 g/mol. The quantitative estimate of drug-likeness (QED) is 0.544. The molecule has 2 aromatic carbocycles. The van der Waals surface area contributed by atoms with E-state index in [9.17, 15) is 14.7 Å². The number of hydrogen-bond donors (Lipinski definition) is 1. The minimum absolute atomic E-state index is 0.108. The van der Waals surface area contributed by atoms with Gasteiger partial charge in [0.2, 0.25) is 0 Å². The molecule has 1 aliphatic rings. The normalized spacial score (nSPS) is 15.7. The highest BCUT2D eigenvalue weighted by atomic mass is 35.5. The maximum atomic E-state index is 13.6. The van der Waals surface area contributed by atoms with Gasteiger partial charge in [-0.25, -0.2) is 9.79 Å². The van der Waals surface area contributed by atoms with Crippen LogP contribution in [0.5, 0.6) is 11.5 Å². The van der Waals surface area contributed by atoms with Crippen LogP contribution in [0, 0.1) is 6.92 Å². The number of hydrogen-bond acceptors (Lipinski definition) is 7. The first-order chi connectivity index (χ1) is 16.2. The van der Waals surface area contributed by atoms with Crippen LogP contribution in [0.2, 0.25) is 5.02 Å². The van der Waals surface area contributed by atoms with E-state index in [1.807, 2.05) is 31.2 Å². The molecule has 7 nitrogen and oxygen atoms in total. The molecule has 2 heterocycles. The van der Waals surface area contributed by atoms with Gasteiger partial charge in [0.05, 0.1) is 40.6 Å². The van der Waals surface area contributed by atoms with Gasteiger partial charge in [-0.15, -0.1) is 0 Å². The summed E-state index contributed by atoms with van der Waals surface area (Å²) in [6, 6.07) is 10.1. The van der Waals surface area contributed by atoms with Gasteiger partial charge in [-0.05, 0) is 50.1 Å². The third-order valence-corrected chi connectivity index (χ3v) is 6.75. The van der Waals surface area contributed by atoms with Crippen molar-refractivity contribution in [1.82, 2.24) is 4.57 Å². The summed E-state index contributed by atoms with van der Waals surface area (Å²) >= 11 is 7.33. The molecule has 0 aliphatic carbocycles. The Labute approximate surface area is 204 Å². The van der Waals surface area contributed by atoms with Crippen molar-refractivity contribution < 1.29 is 19.4 Å². The van der Waals surface area contributed by atoms with Gasteiger partial charge in [0.1, 0.15) is 0 Å². The number of aromatic hydroxyl groups is 1. The second-order valence-corrected chi connectivity index (χ2v) is 9.18. The number of thiazole rings is 1. The molecule has 0 bridgehead atoms. The molecule has 0 saturated carbocycles. The molecule has 3 aromatic rings. The van der Waals surface area contributed by atoms with Gasteiger partial charge in [0.15, 0.2) is 16.3 Å². The van der Waals surface area contributed by atoms with Crippen molar-refractivity contribution in [2.45, 2.75) is 26.8 Å². The number of carbonyl (C=O) groups is 1. The van der Waals surface area contributed by atoms with Crippen molar-refractivity contribution in [3.8, 4) is 11.5 Å². The van der Waals surface area contributed by atoms with E-state index in [1.165, 1.54) is 23.0 Å². The third-order valence-electron chi connectivity index (χ3n) is 5.48. The molecule has 0 amide bonds. The lowest BCUT2D eigenvalue weighted by molar-refractivity contribution is -0.139. The highest BCUT2D eigenvalue weighted by Crippen LogP contribution is 2.35. The van der Waals surface area contributed by atoms with E-state index in [1.54, 1.807) is 32.1 Å². The van der Waals surface area contributed by atoms with Crippen LogP contribution in [0.15, 0.2) is 57.5 Å². The predicted molar refractivity (Wildman–Crippen MR) is 131 cm³/mol. The van der Waals surface area contributed by atoms with Crippen LogP contribution < -0.4 is 19.6 Å². The molecule has 0 spiro atoms. The molecule has 1 N–H and O–H groups in total. The Kier molecular flexibility index (Phi) is 6.63. The lowest BCUT2D eigenvalue weighted by Gasteiger charge is -2.24. The van der Waals surface area contributed by atoms with E-state index in [-0.39, 0.29) is 28.7 Å². The Hall–Kier alpha value is -3.36. The molecule has 4 rings (SSSR count). The van der Waals surface area contributed by atoms with Crippen molar-refractivity contribution in [2.75, 3.05) is 13.7 Å². The number of methoxy groups -OCH3 is 1. The minimum atomic E-state index is -0.670. The number of ether oxygens (including phenoxy) is 2. The number of benzene rings is 2. The maximum Gasteiger partial charge on any atom is 0.338 e. The average Bonchev–Trinajstić information content (AvgIpc) is 3.10. The van der Waals surface area contributed by atoms with Crippen LogP contribution in [0.4, 0.5) is 0 Å². The number of esters is 1. The molecular formula is C25H23ClN2O5S. The summed E-state index contributed by atoms with van der Waals surface area (Å²) in [6.45, 7) is 5.67. The van der Waals surface area contributed by atoms with Crippen LogP contribution in [0.1, 0.15) is 36.6 Å². The molecule has 34 heavy (non-hydrogen) atoms. The summed E-state index contributed by atoms with van der Waals surface area (Å²) in [6.07, 6.45) is 1.66. The fourth-order valence-corrected chi connectivity index (χ4v) is 5.11. The number of aromatic nitrogens is 1. The highest BCUT2D eigenvalue weighted by Gasteiger charge is 2.33. The Balaban J connectivity index is 1.95. The predicted octanol–water partition coefficient (Wildman–Crippen LogP) is 3.47. The summed E-state index contributed by atoms with van der Waals surface area (Å²) in [7, 11) is 1.42. The maximum absolute atomic E-state index is 13.6. The fraction of sp³-hybridized carbons (Fsp3) is 0.240. The minimum Gasteiger partial charge on any atom is -0.503 e. The van der Waals surface area contributed by atoms with Crippen molar-refractivity contribution in [3.63, 3.8) is 0 Å². The van der Waals surface area contributed by atoms with Gasteiger partial charge in [-0.1, -0.05) is 52.8 Å². The number of halogens is 1. The van der Waals surface area contributed by atoms with Gasteiger partial charge in [-0.3, -0.25) is 9.36 Å². The zero-order valence-corrected chi connectivity index (χ0v) is 20.7. The zero-order chi connectivity index (χ0) is 24.6. The number of fused-ring (bicyclic) bond motifs is 1. The van der Waals surface area contributed by atoms with Gasteiger partial charge in [0.25, 0.3) is 5.56 Å². The molecule has 1 aromatic heterocycles. The molecule has 0 unspecified atom stereocenters. The summed E-state index contributed by atoms with van der Waals surface area (Å²) in [5.41, 5.74) is 2.97. The second kappa shape index (κ2) is 9.48. The van der Waals surface area contributed by atoms with E-state index in [2.05, 4.69) is 4.99 Å². The van der Waals surface area contributed by atoms with Crippen molar-refractivity contribution in [3.05, 3.63) is 89.1 Å². The van der Waals surface area contributed by atoms with Gasteiger partial charge in [0, 0.05) is 0 Å². The monoisotopic (exact) mass is 498 g/mol. The standard InChI is InChI=1S/C25H23ClN2O5S/c1-5-33-24(31)20-14(3)27-25-28(21(20)16-8-6-13(2)7-9-16)23(30)19(34-25)12-15-10-17(26)22(29)18(11-15)32-4/h6-12,21,29H,5H2,1-4H3/b19-12+/t21-/m1/s1. The van der Waals surface area contributed by atoms with E-state index in [4.69, 9.17) is 21.1 Å². The summed E-state index contributed by atoms with van der Waals surface area (Å²) in [5, 5.41) is 10.1. The summed E-state index contributed by atoms with van der Waals surface area (Å²) < 4.78 is 12.4. The van der Waals surface area contributed by atoms with Gasteiger partial charge in [-0.2, -0.15) is 0 Å². The molecular weight excluding hydrogens is 476 g/mol. The van der Waals surface area contributed by atoms with Crippen LogP contribution in [0.25, 0.3) is 6.08 Å². The molecule has 1 aliphatic heterocycles. The fourth-order valence-electron chi connectivity index (χ4n) is 3.84. The second-order valence-electron chi connectivity index (χ2n) is 7.77. The van der Waals surface area contributed by atoms with E-state index < -0.39 is 12.0 Å². The largest absolute Gasteiger partial charge is 0.503 e. The lowest BCUT2D eigenvalue weighted by Crippen LogP contribution is -2.39. The van der Waals surface area contributed by atoms with Crippen molar-refractivity contribution >= 4 is 35.0 Å². The number of carbonyl (C=O) groups excluding carboxylic acids is 1. The molecule has 176 valence electrons. The van der Waals surface area contributed by atoms with Crippen LogP contribution >= 0.6 is 22.9 Å². The Morgan fingerprint density at radius 3 is 2.62 bits per heavy atom. The zero-order valence-electron chi connectivity index (χ0n) is 19.1. The number of phenols is 1. The van der Waals surface area contributed by atoms with Gasteiger partial charge < -0.3 is 14.6 Å². The van der Waals surface area contributed by atoms with Crippen LogP contribution in [0.3, 0.4) is 0 Å². The SMILES string of the molecule is CCOC(=O)C1=C(C)N=c2s/c(=C/c3cc(Cl)c(O)c(OC)c3)c(=O)n2[C@@H]1c1ccc(C)cc1. The first-order valence-electron chi connectivity index (χ1n) is 10.6. The highest BCUT2D eigenvalue weighted by molar-refractivity contribution is 7.07. The number of rotatable bonds is 5. The number of phenolic OH excluding ortho intramolecular Hbond substituents is 1. The summed E-state index contributed by atoms with van der Waals surface area (Å²) in [4.78, 5) is 31.5. The van der Waals surface area contributed by atoms with E-state index in [0.29, 0.717) is 26.2 Å². The number of nitrogens with zero attached hydrogens (tertiary/aromatic N) is 2. The molecule has 0 saturated heterocycles. The van der Waals surface area contributed by atoms with Crippen molar-refractivity contribution in [2.24, 2.45) is 4.99 Å². The summed E-state index contributed by atoms with van der Waals surface area (Å²) in [5.74, 6) is -0.472. The third kappa shape index (κ3) is 4.26. The Morgan fingerprint density at radius 2 is 1.97 bits per heavy atom. The molecule has 0 radical (unpaired) electrons. The van der Waals surface area contributed by atoms with Crippen LogP contribution in [-0.4, -0.2) is 29.4 Å². The van der Waals surface area contributed by atoms with E-state index >= 15 is 0 Å². The molecule has 0 fully saturated rings. The van der Waals surface area contributed by atoms with Crippen molar-refractivity contribution in [1.29, 1.82) is 0 Å². The Morgan fingerprint density at radius 1 is 1.26 bits per heavy atom. The number of aryl methyl sites for hydroxylation is 1. The van der Waals surface area contributed by atoms with E-state index in [0.717, 1.165) is 11.1 Å². The smallest absolute Gasteiger partial charge is 0.338 e. The molecule has 9 heteroatoms. The number of allylic oxidation sites excluding steroid dienone is 1. The first kappa shape index (κ1) is 23.8. The first-order valence-corrected chi connectivity index (χ1v) is 11.8.